The summed E-state index contributed by atoms with van der Waals surface area (Å²) in [5.41, 5.74) is -0.0587. The van der Waals surface area contributed by atoms with Crippen molar-refractivity contribution in [2.45, 2.75) is 25.4 Å². The van der Waals surface area contributed by atoms with Crippen LogP contribution in [0.4, 0.5) is 5.69 Å². The maximum absolute atomic E-state index is 10.6. The molecule has 1 heterocycles. The number of aryl methyl sites for hydroxylation is 1. The van der Waals surface area contributed by atoms with Crippen molar-refractivity contribution in [2.24, 2.45) is 0 Å². The molecule has 0 unspecified atom stereocenters. The summed E-state index contributed by atoms with van der Waals surface area (Å²) in [6.45, 7) is 3.53. The minimum Gasteiger partial charge on any atom is -0.490 e. The van der Waals surface area contributed by atoms with E-state index in [-0.39, 0.29) is 12.3 Å². The molecule has 0 aromatic heterocycles. The quantitative estimate of drug-likeness (QED) is 0.635. The molecular formula is C13H18N2O4. The van der Waals surface area contributed by atoms with Crippen LogP contribution in [0.5, 0.6) is 5.75 Å². The van der Waals surface area contributed by atoms with Crippen LogP contribution in [0.3, 0.4) is 0 Å². The molecule has 6 nitrogen and oxygen atoms in total. The first kappa shape index (κ1) is 13.8. The summed E-state index contributed by atoms with van der Waals surface area (Å²) in [6.07, 6.45) is 1.30. The minimum atomic E-state index is -0.806. The average Bonchev–Trinajstić information content (AvgIpc) is 2.38. The fraction of sp³-hybridized carbons (Fsp3) is 0.538. The van der Waals surface area contributed by atoms with Crippen LogP contribution in [0.2, 0.25) is 0 Å². The lowest BCUT2D eigenvalue weighted by Gasteiger charge is -2.32. The number of nitrogens with zero attached hydrogens (tertiary/aromatic N) is 1. The fourth-order valence-corrected chi connectivity index (χ4v) is 2.16. The number of benzene rings is 1. The van der Waals surface area contributed by atoms with E-state index >= 15 is 0 Å². The van der Waals surface area contributed by atoms with E-state index in [4.69, 9.17) is 4.74 Å². The van der Waals surface area contributed by atoms with Gasteiger partial charge in [-0.2, -0.15) is 0 Å². The van der Waals surface area contributed by atoms with E-state index < -0.39 is 10.5 Å². The van der Waals surface area contributed by atoms with Crippen molar-refractivity contribution in [3.05, 3.63) is 33.9 Å². The Labute approximate surface area is 111 Å². The predicted molar refractivity (Wildman–Crippen MR) is 70.4 cm³/mol. The molecule has 19 heavy (non-hydrogen) atoms. The zero-order valence-corrected chi connectivity index (χ0v) is 10.9. The number of nitrogens with one attached hydrogen (secondary N) is 1. The summed E-state index contributed by atoms with van der Waals surface area (Å²) in [6, 6.07) is 4.47. The Morgan fingerprint density at radius 1 is 1.47 bits per heavy atom. The Morgan fingerprint density at radius 3 is 2.74 bits per heavy atom. The van der Waals surface area contributed by atoms with E-state index in [9.17, 15) is 15.2 Å². The monoisotopic (exact) mass is 266 g/mol. The van der Waals surface area contributed by atoms with Gasteiger partial charge >= 0.3 is 0 Å². The molecule has 2 N–H and O–H groups in total. The molecule has 1 aromatic carbocycles. The van der Waals surface area contributed by atoms with Gasteiger partial charge in [0, 0.05) is 12.1 Å². The summed E-state index contributed by atoms with van der Waals surface area (Å²) in [4.78, 5) is 10.2. The molecule has 104 valence electrons. The Balaban J connectivity index is 2.01. The molecule has 2 rings (SSSR count). The van der Waals surface area contributed by atoms with Gasteiger partial charge in [0.25, 0.3) is 5.69 Å². The fourth-order valence-electron chi connectivity index (χ4n) is 2.16. The molecule has 1 saturated heterocycles. The number of ether oxygens (including phenoxy) is 1. The number of rotatable bonds is 4. The van der Waals surface area contributed by atoms with Gasteiger partial charge in [-0.15, -0.1) is 0 Å². The SMILES string of the molecule is Cc1cc([N+](=O)[O-])ccc1OCC1(O)CCNCC1. The first-order valence-electron chi connectivity index (χ1n) is 6.31. The van der Waals surface area contributed by atoms with Gasteiger partial charge in [-0.05, 0) is 44.5 Å². The van der Waals surface area contributed by atoms with Crippen LogP contribution in [0.15, 0.2) is 18.2 Å². The lowest BCUT2D eigenvalue weighted by Crippen LogP contribution is -2.46. The van der Waals surface area contributed by atoms with Gasteiger partial charge in [0.05, 0.1) is 4.92 Å². The maximum Gasteiger partial charge on any atom is 0.269 e. The lowest BCUT2D eigenvalue weighted by atomic mass is 9.93. The van der Waals surface area contributed by atoms with Gasteiger partial charge < -0.3 is 15.2 Å². The third-order valence-electron chi connectivity index (χ3n) is 3.40. The first-order chi connectivity index (χ1) is 9.00. The second kappa shape index (κ2) is 5.54. The summed E-state index contributed by atoms with van der Waals surface area (Å²) in [5, 5.41) is 24.1. The Kier molecular flexibility index (Phi) is 4.01. The normalized spacial score (nSPS) is 18.0. The molecule has 1 aliphatic heterocycles. The van der Waals surface area contributed by atoms with Crippen LogP contribution in [0.1, 0.15) is 18.4 Å². The van der Waals surface area contributed by atoms with Crippen LogP contribution in [-0.2, 0) is 0 Å². The molecule has 0 amide bonds. The Morgan fingerprint density at radius 2 is 2.16 bits per heavy atom. The van der Waals surface area contributed by atoms with Crippen LogP contribution in [0.25, 0.3) is 0 Å². The van der Waals surface area contributed by atoms with E-state index in [1.54, 1.807) is 13.0 Å². The molecule has 1 fully saturated rings. The smallest absolute Gasteiger partial charge is 0.269 e. The van der Waals surface area contributed by atoms with E-state index in [0.717, 1.165) is 13.1 Å². The summed E-state index contributed by atoms with van der Waals surface area (Å²) >= 11 is 0. The Hall–Kier alpha value is -1.66. The molecule has 0 radical (unpaired) electrons. The van der Waals surface area contributed by atoms with Gasteiger partial charge in [-0.25, -0.2) is 0 Å². The Bertz CT molecular complexity index is 470. The number of nitro groups is 1. The number of hydrogen-bond acceptors (Lipinski definition) is 5. The maximum atomic E-state index is 10.6. The minimum absolute atomic E-state index is 0.0467. The molecule has 0 atom stereocenters. The number of aliphatic hydroxyl groups is 1. The van der Waals surface area contributed by atoms with Crippen LogP contribution >= 0.6 is 0 Å². The van der Waals surface area contributed by atoms with E-state index in [1.807, 2.05) is 0 Å². The van der Waals surface area contributed by atoms with Crippen molar-refractivity contribution in [1.82, 2.24) is 5.32 Å². The van der Waals surface area contributed by atoms with Crippen LogP contribution < -0.4 is 10.1 Å². The number of nitro benzene ring substituents is 1. The summed E-state index contributed by atoms with van der Waals surface area (Å²) in [5.74, 6) is 0.581. The second-order valence-corrected chi connectivity index (χ2v) is 4.97. The van der Waals surface area contributed by atoms with Crippen molar-refractivity contribution in [2.75, 3.05) is 19.7 Å². The topological polar surface area (TPSA) is 84.6 Å². The molecule has 6 heteroatoms. The molecular weight excluding hydrogens is 248 g/mol. The first-order valence-corrected chi connectivity index (χ1v) is 6.31. The van der Waals surface area contributed by atoms with Crippen molar-refractivity contribution in [3.63, 3.8) is 0 Å². The number of hydrogen-bond donors (Lipinski definition) is 2. The van der Waals surface area contributed by atoms with Crippen LogP contribution in [0, 0.1) is 17.0 Å². The molecule has 1 aromatic rings. The zero-order chi connectivity index (χ0) is 13.9. The molecule has 0 saturated carbocycles. The van der Waals surface area contributed by atoms with Crippen molar-refractivity contribution in [3.8, 4) is 5.75 Å². The number of piperidine rings is 1. The highest BCUT2D eigenvalue weighted by Gasteiger charge is 2.30. The third kappa shape index (κ3) is 3.42. The highest BCUT2D eigenvalue weighted by atomic mass is 16.6. The highest BCUT2D eigenvalue weighted by Crippen LogP contribution is 2.25. The lowest BCUT2D eigenvalue weighted by molar-refractivity contribution is -0.384. The summed E-state index contributed by atoms with van der Waals surface area (Å²) < 4.78 is 5.61. The van der Waals surface area contributed by atoms with E-state index in [2.05, 4.69) is 5.32 Å². The van der Waals surface area contributed by atoms with E-state index in [0.29, 0.717) is 24.2 Å². The van der Waals surface area contributed by atoms with Gasteiger partial charge in [-0.3, -0.25) is 10.1 Å². The second-order valence-electron chi connectivity index (χ2n) is 4.97. The molecule has 0 bridgehead atoms. The van der Waals surface area contributed by atoms with Gasteiger partial charge in [0.2, 0.25) is 0 Å². The molecule has 0 spiro atoms. The molecule has 1 aliphatic rings. The van der Waals surface area contributed by atoms with Gasteiger partial charge in [0.15, 0.2) is 0 Å². The molecule has 0 aliphatic carbocycles. The van der Waals surface area contributed by atoms with E-state index in [1.165, 1.54) is 12.1 Å². The predicted octanol–water partition coefficient (Wildman–Crippen LogP) is 1.40. The number of non-ortho nitro benzene ring substituents is 1. The van der Waals surface area contributed by atoms with Crippen molar-refractivity contribution in [1.29, 1.82) is 0 Å². The highest BCUT2D eigenvalue weighted by molar-refractivity contribution is 5.42. The van der Waals surface area contributed by atoms with Gasteiger partial charge in [0.1, 0.15) is 18.0 Å². The van der Waals surface area contributed by atoms with Crippen LogP contribution in [-0.4, -0.2) is 35.3 Å². The summed E-state index contributed by atoms with van der Waals surface area (Å²) in [7, 11) is 0. The van der Waals surface area contributed by atoms with Crippen molar-refractivity contribution < 1.29 is 14.8 Å². The zero-order valence-electron chi connectivity index (χ0n) is 10.9. The standard InChI is InChI=1S/C13H18N2O4/c1-10-8-11(15(17)18)2-3-12(10)19-9-13(16)4-6-14-7-5-13/h2-3,8,14,16H,4-7,9H2,1H3. The average molecular weight is 266 g/mol. The van der Waals surface area contributed by atoms with Gasteiger partial charge in [-0.1, -0.05) is 0 Å². The third-order valence-corrected chi connectivity index (χ3v) is 3.40. The largest absolute Gasteiger partial charge is 0.490 e. The van der Waals surface area contributed by atoms with Crippen molar-refractivity contribution >= 4 is 5.69 Å².